The van der Waals surface area contributed by atoms with Crippen molar-refractivity contribution in [3.8, 4) is 5.75 Å². The lowest BCUT2D eigenvalue weighted by Gasteiger charge is -2.29. The van der Waals surface area contributed by atoms with Crippen LogP contribution in [0.15, 0.2) is 30.3 Å². The Labute approximate surface area is 201 Å². The van der Waals surface area contributed by atoms with Gasteiger partial charge in [-0.15, -0.1) is 13.2 Å². The summed E-state index contributed by atoms with van der Waals surface area (Å²) in [6.07, 6.45) is -5.81. The van der Waals surface area contributed by atoms with E-state index in [1.807, 2.05) is 5.32 Å². The first kappa shape index (κ1) is 24.9. The van der Waals surface area contributed by atoms with Gasteiger partial charge in [-0.25, -0.2) is 9.18 Å². The molecular weight excluding hydrogens is 490 g/mol. The Hall–Kier alpha value is -4.16. The molecular formula is C23H19F4N3O6. The normalized spacial score (nSPS) is 17.5. The lowest BCUT2D eigenvalue weighted by Crippen LogP contribution is -2.52. The summed E-state index contributed by atoms with van der Waals surface area (Å²) in [5, 5.41) is 4.24. The number of carbonyl (C=O) groups excluding carboxylic acids is 4. The van der Waals surface area contributed by atoms with Crippen molar-refractivity contribution in [3.05, 3.63) is 58.4 Å². The van der Waals surface area contributed by atoms with Crippen molar-refractivity contribution < 1.29 is 46.2 Å². The second-order valence-electron chi connectivity index (χ2n) is 8.24. The average Bonchev–Trinajstić information content (AvgIpc) is 3.10. The van der Waals surface area contributed by atoms with Gasteiger partial charge in [0, 0.05) is 24.6 Å². The number of hydrogen-bond acceptors (Lipinski definition) is 6. The number of benzene rings is 2. The number of piperidine rings is 1. The molecule has 2 heterocycles. The number of anilines is 1. The number of alkyl halides is 3. The van der Waals surface area contributed by atoms with Crippen LogP contribution in [0.3, 0.4) is 0 Å². The molecule has 2 N–H and O–H groups in total. The fourth-order valence-electron chi connectivity index (χ4n) is 3.97. The highest BCUT2D eigenvalue weighted by Gasteiger charge is 2.39. The lowest BCUT2D eigenvalue weighted by molar-refractivity contribution is -0.274. The third-order valence-electron chi connectivity index (χ3n) is 5.69. The van der Waals surface area contributed by atoms with Crippen molar-refractivity contribution in [2.24, 2.45) is 0 Å². The fraction of sp³-hybridized carbons (Fsp3) is 0.304. The predicted molar refractivity (Wildman–Crippen MR) is 114 cm³/mol. The number of halogens is 4. The third kappa shape index (κ3) is 5.39. The van der Waals surface area contributed by atoms with Crippen LogP contribution in [0.25, 0.3) is 0 Å². The summed E-state index contributed by atoms with van der Waals surface area (Å²) >= 11 is 0. The van der Waals surface area contributed by atoms with Gasteiger partial charge in [0.1, 0.15) is 24.2 Å². The van der Waals surface area contributed by atoms with Crippen molar-refractivity contribution in [2.45, 2.75) is 45.3 Å². The molecule has 13 heteroatoms. The van der Waals surface area contributed by atoms with Crippen LogP contribution >= 0.6 is 0 Å². The van der Waals surface area contributed by atoms with E-state index in [1.165, 1.54) is 17.9 Å². The molecule has 2 aliphatic rings. The zero-order chi connectivity index (χ0) is 26.2. The van der Waals surface area contributed by atoms with E-state index in [1.54, 1.807) is 12.1 Å². The number of nitrogens with zero attached hydrogens (tertiary/aromatic N) is 1. The highest BCUT2D eigenvalue weighted by Crippen LogP contribution is 2.31. The van der Waals surface area contributed by atoms with Gasteiger partial charge in [-0.1, -0.05) is 12.1 Å². The number of imide groups is 1. The number of nitrogens with one attached hydrogen (secondary N) is 2. The van der Waals surface area contributed by atoms with Crippen LogP contribution in [-0.2, 0) is 27.5 Å². The Bertz CT molecular complexity index is 1260. The van der Waals surface area contributed by atoms with Gasteiger partial charge < -0.3 is 14.4 Å². The number of fused-ring (bicyclic) bond motifs is 1. The van der Waals surface area contributed by atoms with Crippen molar-refractivity contribution in [3.63, 3.8) is 0 Å². The highest BCUT2D eigenvalue weighted by atomic mass is 19.4. The summed E-state index contributed by atoms with van der Waals surface area (Å²) in [6.45, 7) is 1.06. The Morgan fingerprint density at radius 2 is 1.94 bits per heavy atom. The maximum atomic E-state index is 14.1. The molecule has 2 aromatic rings. The number of carbonyl (C=O) groups is 4. The topological polar surface area (TPSA) is 114 Å². The maximum Gasteiger partial charge on any atom is 0.573 e. The van der Waals surface area contributed by atoms with Crippen LogP contribution in [-0.4, -0.2) is 41.1 Å². The van der Waals surface area contributed by atoms with Gasteiger partial charge in [0.2, 0.25) is 11.8 Å². The molecule has 4 rings (SSSR count). The molecule has 2 aromatic carbocycles. The molecule has 1 saturated heterocycles. The van der Waals surface area contributed by atoms with E-state index in [0.29, 0.717) is 22.8 Å². The molecule has 0 aliphatic carbocycles. The molecule has 0 aromatic heterocycles. The minimum atomic E-state index is -5.00. The third-order valence-corrected chi connectivity index (χ3v) is 5.69. The summed E-state index contributed by atoms with van der Waals surface area (Å²) in [4.78, 5) is 49.9. The quantitative estimate of drug-likeness (QED) is 0.471. The summed E-state index contributed by atoms with van der Waals surface area (Å²) < 4.78 is 60.5. The van der Waals surface area contributed by atoms with Gasteiger partial charge in [0.05, 0.1) is 5.69 Å². The van der Waals surface area contributed by atoms with Crippen LogP contribution in [0.2, 0.25) is 0 Å². The molecule has 1 fully saturated rings. The van der Waals surface area contributed by atoms with Gasteiger partial charge in [-0.2, -0.15) is 0 Å². The predicted octanol–water partition coefficient (Wildman–Crippen LogP) is 3.54. The van der Waals surface area contributed by atoms with Crippen molar-refractivity contribution in [1.29, 1.82) is 0 Å². The van der Waals surface area contributed by atoms with Crippen molar-refractivity contribution >= 4 is 29.5 Å². The summed E-state index contributed by atoms with van der Waals surface area (Å²) in [5.41, 5.74) is 0.663. The Balaban J connectivity index is 1.39. The zero-order valence-corrected chi connectivity index (χ0v) is 18.7. The molecule has 190 valence electrons. The SMILES string of the molecule is Cc1cc(F)c(NC(=O)OCc2ccc3c(c2)C(=O)N(C2CCC(=O)NC2=O)C3)cc1OC(F)(F)F. The number of amides is 4. The second-order valence-corrected chi connectivity index (χ2v) is 8.24. The molecule has 9 nitrogen and oxygen atoms in total. The Kier molecular flexibility index (Phi) is 6.57. The van der Waals surface area contributed by atoms with Crippen LogP contribution in [0, 0.1) is 12.7 Å². The van der Waals surface area contributed by atoms with E-state index in [4.69, 9.17) is 4.74 Å². The van der Waals surface area contributed by atoms with Crippen LogP contribution in [0.1, 0.15) is 39.9 Å². The lowest BCUT2D eigenvalue weighted by atomic mass is 10.0. The van der Waals surface area contributed by atoms with E-state index >= 15 is 0 Å². The fourth-order valence-corrected chi connectivity index (χ4v) is 3.97. The standard InChI is InChI=1S/C23H19F4N3O6/c1-11-6-15(24)16(8-18(11)36-23(25,26)27)28-22(34)35-10-12-2-3-13-9-30(21(33)14(13)7-12)17-4-5-19(31)29-20(17)32/h2-3,6-8,17H,4-5,9-10H2,1H3,(H,28,34)(H,29,31,32). The van der Waals surface area contributed by atoms with E-state index in [-0.39, 0.29) is 31.6 Å². The summed E-state index contributed by atoms with van der Waals surface area (Å²) in [5.74, 6) is -3.02. The first-order chi connectivity index (χ1) is 16.9. The van der Waals surface area contributed by atoms with Gasteiger partial charge in [0.15, 0.2) is 0 Å². The van der Waals surface area contributed by atoms with Gasteiger partial charge in [0.25, 0.3) is 5.91 Å². The van der Waals surface area contributed by atoms with Crippen LogP contribution in [0.5, 0.6) is 5.75 Å². The minimum Gasteiger partial charge on any atom is -0.444 e. The maximum absolute atomic E-state index is 14.1. The molecule has 36 heavy (non-hydrogen) atoms. The smallest absolute Gasteiger partial charge is 0.444 e. The average molecular weight is 509 g/mol. The van der Waals surface area contributed by atoms with Crippen molar-refractivity contribution in [2.75, 3.05) is 5.32 Å². The highest BCUT2D eigenvalue weighted by molar-refractivity contribution is 6.05. The zero-order valence-electron chi connectivity index (χ0n) is 18.7. The molecule has 0 saturated carbocycles. The molecule has 0 spiro atoms. The first-order valence-corrected chi connectivity index (χ1v) is 10.7. The van der Waals surface area contributed by atoms with E-state index < -0.39 is 53.5 Å². The Morgan fingerprint density at radius 1 is 1.19 bits per heavy atom. The van der Waals surface area contributed by atoms with Gasteiger partial charge in [-0.05, 0) is 42.2 Å². The first-order valence-electron chi connectivity index (χ1n) is 10.7. The van der Waals surface area contributed by atoms with Crippen molar-refractivity contribution in [1.82, 2.24) is 10.2 Å². The van der Waals surface area contributed by atoms with E-state index in [2.05, 4.69) is 10.1 Å². The second kappa shape index (κ2) is 9.47. The van der Waals surface area contributed by atoms with Crippen LogP contribution in [0.4, 0.5) is 28.0 Å². The number of hydrogen-bond donors (Lipinski definition) is 2. The number of ether oxygens (including phenoxy) is 2. The largest absolute Gasteiger partial charge is 0.573 e. The monoisotopic (exact) mass is 509 g/mol. The van der Waals surface area contributed by atoms with Crippen LogP contribution < -0.4 is 15.4 Å². The number of rotatable bonds is 5. The van der Waals surface area contributed by atoms with E-state index in [9.17, 15) is 36.7 Å². The number of aryl methyl sites for hydroxylation is 1. The summed E-state index contributed by atoms with van der Waals surface area (Å²) in [6, 6.07) is 5.40. The minimum absolute atomic E-state index is 0.121. The molecule has 4 amide bonds. The summed E-state index contributed by atoms with van der Waals surface area (Å²) in [7, 11) is 0. The van der Waals surface area contributed by atoms with E-state index in [0.717, 1.165) is 6.07 Å². The molecule has 0 radical (unpaired) electrons. The molecule has 1 unspecified atom stereocenters. The molecule has 0 bridgehead atoms. The van der Waals surface area contributed by atoms with Gasteiger partial charge in [-0.3, -0.25) is 25.0 Å². The molecule has 1 atom stereocenters. The Morgan fingerprint density at radius 3 is 2.64 bits per heavy atom. The molecule has 2 aliphatic heterocycles. The van der Waals surface area contributed by atoms with Gasteiger partial charge >= 0.3 is 12.5 Å².